The standard InChI is InChI=1S/C22H30N2O4S/c1-7-20(18-10-13-21(28-5)16(3)14-18)23-22(25)17(4)24(29(6,26)27)19-11-8-15(2)9-12-19/h8-14,17,20H,7H2,1-6H3,(H,23,25)/t17-,20-/m1/s1. The van der Waals surface area contributed by atoms with Gasteiger partial charge >= 0.3 is 0 Å². The second-order valence-corrected chi connectivity index (χ2v) is 9.13. The average molecular weight is 419 g/mol. The van der Waals surface area contributed by atoms with Gasteiger partial charge in [-0.3, -0.25) is 9.10 Å². The number of nitrogens with one attached hydrogen (secondary N) is 1. The van der Waals surface area contributed by atoms with Gasteiger partial charge in [0.2, 0.25) is 15.9 Å². The topological polar surface area (TPSA) is 75.7 Å². The summed E-state index contributed by atoms with van der Waals surface area (Å²) in [6.07, 6.45) is 1.79. The van der Waals surface area contributed by atoms with Crippen molar-refractivity contribution in [3.63, 3.8) is 0 Å². The van der Waals surface area contributed by atoms with Crippen LogP contribution in [0.5, 0.6) is 5.75 Å². The molecular formula is C22H30N2O4S. The van der Waals surface area contributed by atoms with Crippen LogP contribution >= 0.6 is 0 Å². The third-order valence-electron chi connectivity index (χ3n) is 4.92. The molecule has 1 amide bonds. The summed E-state index contributed by atoms with van der Waals surface area (Å²) in [7, 11) is -2.02. The third-order valence-corrected chi connectivity index (χ3v) is 6.16. The molecule has 29 heavy (non-hydrogen) atoms. The first-order chi connectivity index (χ1) is 13.6. The zero-order chi connectivity index (χ0) is 21.8. The van der Waals surface area contributed by atoms with Gasteiger partial charge in [0.1, 0.15) is 11.8 Å². The lowest BCUT2D eigenvalue weighted by atomic mass is 10.0. The number of methoxy groups -OCH3 is 1. The number of carbonyl (C=O) groups is 1. The number of hydrogen-bond donors (Lipinski definition) is 1. The Morgan fingerprint density at radius 3 is 2.24 bits per heavy atom. The maximum Gasteiger partial charge on any atom is 0.244 e. The highest BCUT2D eigenvalue weighted by Crippen LogP contribution is 2.26. The number of amides is 1. The van der Waals surface area contributed by atoms with E-state index >= 15 is 0 Å². The van der Waals surface area contributed by atoms with Gasteiger partial charge < -0.3 is 10.1 Å². The number of ether oxygens (including phenoxy) is 1. The number of rotatable bonds is 8. The number of aryl methyl sites for hydroxylation is 2. The Balaban J connectivity index is 2.28. The number of nitrogens with zero attached hydrogens (tertiary/aromatic N) is 1. The predicted octanol–water partition coefficient (Wildman–Crippen LogP) is 3.73. The minimum atomic E-state index is -3.64. The first-order valence-corrected chi connectivity index (χ1v) is 11.4. The molecule has 0 spiro atoms. The highest BCUT2D eigenvalue weighted by Gasteiger charge is 2.30. The Kier molecular flexibility index (Phi) is 7.30. The molecule has 158 valence electrons. The Bertz CT molecular complexity index is 955. The van der Waals surface area contributed by atoms with Gasteiger partial charge in [-0.2, -0.15) is 0 Å². The van der Waals surface area contributed by atoms with Crippen molar-refractivity contribution in [3.8, 4) is 5.75 Å². The molecule has 0 saturated heterocycles. The summed E-state index contributed by atoms with van der Waals surface area (Å²) in [6, 6.07) is 11.7. The van der Waals surface area contributed by atoms with Crippen LogP contribution in [0.3, 0.4) is 0 Å². The first-order valence-electron chi connectivity index (χ1n) is 9.59. The molecule has 0 aromatic heterocycles. The van der Waals surface area contributed by atoms with E-state index in [0.29, 0.717) is 12.1 Å². The maximum atomic E-state index is 13.0. The van der Waals surface area contributed by atoms with Crippen molar-refractivity contribution in [2.45, 2.75) is 46.2 Å². The van der Waals surface area contributed by atoms with Crippen molar-refractivity contribution < 1.29 is 17.9 Å². The van der Waals surface area contributed by atoms with E-state index < -0.39 is 16.1 Å². The lowest BCUT2D eigenvalue weighted by Crippen LogP contribution is -2.48. The number of benzene rings is 2. The normalized spacial score (nSPS) is 13.4. The van der Waals surface area contributed by atoms with Gasteiger partial charge in [-0.15, -0.1) is 0 Å². The van der Waals surface area contributed by atoms with E-state index in [9.17, 15) is 13.2 Å². The van der Waals surface area contributed by atoms with E-state index in [1.165, 1.54) is 0 Å². The van der Waals surface area contributed by atoms with Crippen molar-refractivity contribution in [3.05, 3.63) is 59.2 Å². The van der Waals surface area contributed by atoms with Crippen molar-refractivity contribution in [2.24, 2.45) is 0 Å². The molecule has 2 aromatic carbocycles. The molecule has 0 radical (unpaired) electrons. The van der Waals surface area contributed by atoms with E-state index in [4.69, 9.17) is 4.74 Å². The molecule has 0 saturated carbocycles. The molecule has 0 heterocycles. The molecule has 0 aliphatic carbocycles. The molecule has 0 aliphatic heterocycles. The van der Waals surface area contributed by atoms with Crippen LogP contribution in [0.25, 0.3) is 0 Å². The number of hydrogen-bond acceptors (Lipinski definition) is 4. The van der Waals surface area contributed by atoms with Crippen molar-refractivity contribution in [1.82, 2.24) is 5.32 Å². The number of sulfonamides is 1. The summed E-state index contributed by atoms with van der Waals surface area (Å²) >= 11 is 0. The van der Waals surface area contributed by atoms with Gasteiger partial charge in [-0.25, -0.2) is 8.42 Å². The number of anilines is 1. The van der Waals surface area contributed by atoms with E-state index in [0.717, 1.165) is 33.0 Å². The molecule has 2 aromatic rings. The zero-order valence-corrected chi connectivity index (χ0v) is 18.7. The van der Waals surface area contributed by atoms with E-state index in [1.807, 2.05) is 51.1 Å². The molecule has 0 bridgehead atoms. The summed E-state index contributed by atoms with van der Waals surface area (Å²) in [5.74, 6) is 0.433. The van der Waals surface area contributed by atoms with Crippen molar-refractivity contribution in [1.29, 1.82) is 0 Å². The highest BCUT2D eigenvalue weighted by atomic mass is 32.2. The molecule has 1 N–H and O–H groups in total. The lowest BCUT2D eigenvalue weighted by molar-refractivity contribution is -0.122. The Morgan fingerprint density at radius 2 is 1.76 bits per heavy atom. The second-order valence-electron chi connectivity index (χ2n) is 7.27. The minimum absolute atomic E-state index is 0.228. The second kappa shape index (κ2) is 9.31. The molecular weight excluding hydrogens is 388 g/mol. The van der Waals surface area contributed by atoms with Crippen molar-refractivity contribution in [2.75, 3.05) is 17.7 Å². The fourth-order valence-corrected chi connectivity index (χ4v) is 4.51. The van der Waals surface area contributed by atoms with Gasteiger partial charge in [0.05, 0.1) is 25.1 Å². The van der Waals surface area contributed by atoms with Crippen LogP contribution in [0.2, 0.25) is 0 Å². The van der Waals surface area contributed by atoms with Gasteiger partial charge in [0.25, 0.3) is 0 Å². The predicted molar refractivity (Wildman–Crippen MR) is 117 cm³/mol. The van der Waals surface area contributed by atoms with Crippen LogP contribution in [-0.2, 0) is 14.8 Å². The van der Waals surface area contributed by atoms with Gasteiger partial charge in [-0.05, 0) is 56.5 Å². The Hall–Kier alpha value is -2.54. The number of carbonyl (C=O) groups excluding carboxylic acids is 1. The summed E-state index contributed by atoms with van der Waals surface area (Å²) in [5.41, 5.74) is 3.41. The van der Waals surface area contributed by atoms with E-state index in [1.54, 1.807) is 26.2 Å². The first kappa shape index (κ1) is 22.7. The summed E-state index contributed by atoms with van der Waals surface area (Å²) in [4.78, 5) is 13.0. The maximum absolute atomic E-state index is 13.0. The fraction of sp³-hybridized carbons (Fsp3) is 0.409. The van der Waals surface area contributed by atoms with Crippen molar-refractivity contribution >= 4 is 21.6 Å². The molecule has 2 rings (SSSR count). The molecule has 0 aliphatic rings. The quantitative estimate of drug-likeness (QED) is 0.709. The Labute approximate surface area is 173 Å². The molecule has 7 heteroatoms. The SMILES string of the molecule is CC[C@@H](NC(=O)[C@@H](C)N(c1ccc(C)cc1)S(C)(=O)=O)c1ccc(OC)c(C)c1. The molecule has 2 atom stereocenters. The summed E-state index contributed by atoms with van der Waals surface area (Å²) in [5, 5.41) is 3.00. The zero-order valence-electron chi connectivity index (χ0n) is 17.9. The molecule has 6 nitrogen and oxygen atoms in total. The van der Waals surface area contributed by atoms with Crippen LogP contribution in [0.4, 0.5) is 5.69 Å². The third kappa shape index (κ3) is 5.50. The highest BCUT2D eigenvalue weighted by molar-refractivity contribution is 7.92. The van der Waals surface area contributed by atoms with Crippen LogP contribution in [0, 0.1) is 13.8 Å². The van der Waals surface area contributed by atoms with Crippen LogP contribution in [-0.4, -0.2) is 33.7 Å². The molecule has 0 fully saturated rings. The monoisotopic (exact) mass is 418 g/mol. The van der Waals surface area contributed by atoms with Crippen LogP contribution < -0.4 is 14.4 Å². The lowest BCUT2D eigenvalue weighted by Gasteiger charge is -2.30. The van der Waals surface area contributed by atoms with Gasteiger partial charge in [0, 0.05) is 0 Å². The van der Waals surface area contributed by atoms with Crippen LogP contribution in [0.15, 0.2) is 42.5 Å². The fourth-order valence-electron chi connectivity index (χ4n) is 3.33. The smallest absolute Gasteiger partial charge is 0.244 e. The van der Waals surface area contributed by atoms with Crippen LogP contribution in [0.1, 0.15) is 43.0 Å². The average Bonchev–Trinajstić information content (AvgIpc) is 2.66. The largest absolute Gasteiger partial charge is 0.496 e. The van der Waals surface area contributed by atoms with Gasteiger partial charge in [-0.1, -0.05) is 36.8 Å². The summed E-state index contributed by atoms with van der Waals surface area (Å²) < 4.78 is 31.3. The molecule has 0 unspecified atom stereocenters. The Morgan fingerprint density at radius 1 is 1.14 bits per heavy atom. The van der Waals surface area contributed by atoms with E-state index in [-0.39, 0.29) is 11.9 Å². The summed E-state index contributed by atoms with van der Waals surface area (Å²) in [6.45, 7) is 7.45. The van der Waals surface area contributed by atoms with Gasteiger partial charge in [0.15, 0.2) is 0 Å². The minimum Gasteiger partial charge on any atom is -0.496 e. The van der Waals surface area contributed by atoms with E-state index in [2.05, 4.69) is 5.32 Å².